The fraction of sp³-hybridized carbons (Fsp3) is 0.381. The summed E-state index contributed by atoms with van der Waals surface area (Å²) in [6, 6.07) is 9.48. The van der Waals surface area contributed by atoms with Gasteiger partial charge >= 0.3 is 0 Å². The van der Waals surface area contributed by atoms with Crippen molar-refractivity contribution in [2.24, 2.45) is 0 Å². The van der Waals surface area contributed by atoms with Gasteiger partial charge in [0.2, 0.25) is 5.91 Å². The molecule has 1 aliphatic heterocycles. The fourth-order valence-corrected chi connectivity index (χ4v) is 4.12. The maximum atomic E-state index is 12.8. The lowest BCUT2D eigenvalue weighted by Gasteiger charge is -2.25. The molecule has 0 radical (unpaired) electrons. The van der Waals surface area contributed by atoms with Crippen LogP contribution in [0.5, 0.6) is 0 Å². The number of nitrogens with zero attached hydrogens (tertiary/aromatic N) is 3. The second-order valence-corrected chi connectivity index (χ2v) is 7.93. The highest BCUT2D eigenvalue weighted by Crippen LogP contribution is 2.37. The van der Waals surface area contributed by atoms with E-state index in [1.807, 2.05) is 44.2 Å². The van der Waals surface area contributed by atoms with Crippen LogP contribution in [0.4, 0.5) is 5.82 Å². The van der Waals surface area contributed by atoms with Crippen LogP contribution < -0.4 is 5.32 Å². The largest absolute Gasteiger partial charge is 0.384 e. The van der Waals surface area contributed by atoms with Gasteiger partial charge in [0.25, 0.3) is 0 Å². The van der Waals surface area contributed by atoms with Crippen molar-refractivity contribution < 1.29 is 14.6 Å². The molecule has 154 valence electrons. The highest BCUT2D eigenvalue weighted by atomic mass is 32.2. The molecule has 7 nitrogen and oxygen atoms in total. The van der Waals surface area contributed by atoms with E-state index < -0.39 is 5.44 Å². The Kier molecular flexibility index (Phi) is 7.24. The predicted octanol–water partition coefficient (Wildman–Crippen LogP) is 3.23. The summed E-state index contributed by atoms with van der Waals surface area (Å²) in [6.07, 6.45) is 2.36. The van der Waals surface area contributed by atoms with E-state index in [-0.39, 0.29) is 12.5 Å². The Morgan fingerprint density at radius 2 is 2.14 bits per heavy atom. The van der Waals surface area contributed by atoms with Crippen molar-refractivity contribution in [3.8, 4) is 0 Å². The van der Waals surface area contributed by atoms with Crippen LogP contribution in [0.25, 0.3) is 0 Å². The summed E-state index contributed by atoms with van der Waals surface area (Å²) in [6.45, 7) is 4.77. The number of aryl methyl sites for hydroxylation is 1. The van der Waals surface area contributed by atoms with Crippen molar-refractivity contribution >= 4 is 23.5 Å². The molecule has 3 rings (SSSR count). The highest BCUT2D eigenvalue weighted by Gasteiger charge is 2.25. The first kappa shape index (κ1) is 21.3. The summed E-state index contributed by atoms with van der Waals surface area (Å²) in [7, 11) is 1.64. The van der Waals surface area contributed by atoms with E-state index >= 15 is 0 Å². The van der Waals surface area contributed by atoms with Crippen LogP contribution in [0.2, 0.25) is 0 Å². The summed E-state index contributed by atoms with van der Waals surface area (Å²) in [5.74, 6) is 1.30. The van der Waals surface area contributed by atoms with Crippen molar-refractivity contribution in [2.75, 3.05) is 25.6 Å². The molecule has 1 aromatic heterocycles. The lowest BCUT2D eigenvalue weighted by atomic mass is 10.2. The van der Waals surface area contributed by atoms with Gasteiger partial charge in [-0.25, -0.2) is 9.97 Å². The number of anilines is 1. The number of rotatable bonds is 7. The summed E-state index contributed by atoms with van der Waals surface area (Å²) < 4.78 is 5.25. The molecule has 1 aromatic carbocycles. The van der Waals surface area contributed by atoms with Gasteiger partial charge in [0.15, 0.2) is 0 Å². The fourth-order valence-electron chi connectivity index (χ4n) is 3.07. The van der Waals surface area contributed by atoms with E-state index in [1.165, 1.54) is 11.8 Å². The molecule has 0 fully saturated rings. The van der Waals surface area contributed by atoms with Crippen LogP contribution in [0, 0.1) is 6.92 Å². The number of amides is 1. The maximum Gasteiger partial charge on any atom is 0.246 e. The zero-order valence-corrected chi connectivity index (χ0v) is 17.7. The van der Waals surface area contributed by atoms with E-state index in [0.29, 0.717) is 31.2 Å². The van der Waals surface area contributed by atoms with Crippen molar-refractivity contribution in [1.29, 1.82) is 0 Å². The number of fused-ring (bicyclic) bond motifs is 1. The van der Waals surface area contributed by atoms with Gasteiger partial charge < -0.3 is 20.1 Å². The van der Waals surface area contributed by atoms with Crippen LogP contribution in [-0.4, -0.2) is 46.1 Å². The molecular weight excluding hydrogens is 388 g/mol. The number of benzene rings is 1. The zero-order chi connectivity index (χ0) is 20.8. The van der Waals surface area contributed by atoms with Crippen molar-refractivity contribution in [2.45, 2.75) is 32.2 Å². The maximum absolute atomic E-state index is 12.8. The van der Waals surface area contributed by atoms with Gasteiger partial charge in [0, 0.05) is 35.9 Å². The molecule has 29 heavy (non-hydrogen) atoms. The number of ether oxygens (including phenoxy) is 1. The Labute approximate surface area is 175 Å². The molecule has 0 saturated heterocycles. The third-order valence-corrected chi connectivity index (χ3v) is 5.98. The van der Waals surface area contributed by atoms with Gasteiger partial charge in [0.05, 0.1) is 19.7 Å². The molecule has 1 amide bonds. The number of aliphatic hydroxyl groups excluding tert-OH is 1. The first-order valence-corrected chi connectivity index (χ1v) is 10.3. The van der Waals surface area contributed by atoms with Crippen molar-refractivity contribution in [1.82, 2.24) is 14.9 Å². The highest BCUT2D eigenvalue weighted by molar-refractivity contribution is 8.03. The summed E-state index contributed by atoms with van der Waals surface area (Å²) >= 11 is 1.34. The monoisotopic (exact) mass is 414 g/mol. The second-order valence-electron chi connectivity index (χ2n) is 6.76. The molecular formula is C21H26N4O3S. The molecule has 2 N–H and O–H groups in total. The Morgan fingerprint density at radius 3 is 2.86 bits per heavy atom. The van der Waals surface area contributed by atoms with Crippen LogP contribution in [0.1, 0.15) is 35.7 Å². The number of carbonyl (C=O) groups excluding carboxylic acids is 1. The molecule has 1 unspecified atom stereocenters. The third kappa shape index (κ3) is 5.35. The SMILES string of the molecule is COCC/C(SC(O)c1ccccc1)=C(\C)N1Cc2cnc(C)nc2NCC1=O. The standard InChI is InChI=1S/C21H26N4O3S/c1-14(18(9-10-28-3)29-21(27)16-7-5-4-6-8-16)25-13-17-11-22-15(2)24-20(17)23-12-19(25)26/h4-8,11,21,27H,9-10,12-13H2,1-3H3,(H,22,23,24)/b18-14-. The van der Waals surface area contributed by atoms with Gasteiger partial charge in [-0.2, -0.15) is 0 Å². The average molecular weight is 415 g/mol. The van der Waals surface area contributed by atoms with Gasteiger partial charge in [0.1, 0.15) is 17.1 Å². The summed E-state index contributed by atoms with van der Waals surface area (Å²) in [4.78, 5) is 24.1. The molecule has 0 aliphatic carbocycles. The smallest absolute Gasteiger partial charge is 0.246 e. The van der Waals surface area contributed by atoms with Crippen molar-refractivity contribution in [3.05, 3.63) is 64.1 Å². The number of allylic oxidation sites excluding steroid dienone is 1. The number of hydrogen-bond acceptors (Lipinski definition) is 7. The molecule has 1 atom stereocenters. The number of thioether (sulfide) groups is 1. The molecule has 0 saturated carbocycles. The van der Waals surface area contributed by atoms with E-state index in [9.17, 15) is 9.90 Å². The van der Waals surface area contributed by atoms with Gasteiger partial charge in [-0.15, -0.1) is 0 Å². The van der Waals surface area contributed by atoms with Crippen LogP contribution in [0.3, 0.4) is 0 Å². The number of aliphatic hydroxyl groups is 1. The topological polar surface area (TPSA) is 87.6 Å². The van der Waals surface area contributed by atoms with E-state index in [1.54, 1.807) is 18.2 Å². The van der Waals surface area contributed by atoms with Crippen LogP contribution >= 0.6 is 11.8 Å². The van der Waals surface area contributed by atoms with Crippen LogP contribution in [0.15, 0.2) is 47.1 Å². The van der Waals surface area contributed by atoms with Gasteiger partial charge in [-0.05, 0) is 19.4 Å². The van der Waals surface area contributed by atoms with E-state index in [0.717, 1.165) is 21.7 Å². The summed E-state index contributed by atoms with van der Waals surface area (Å²) in [5.41, 5.74) is 1.76. The Balaban J connectivity index is 1.89. The number of nitrogens with one attached hydrogen (secondary N) is 1. The van der Waals surface area contributed by atoms with Gasteiger partial charge in [-0.1, -0.05) is 42.1 Å². The minimum atomic E-state index is -0.725. The molecule has 0 spiro atoms. The Bertz CT molecular complexity index is 889. The Hall–Kier alpha value is -2.42. The van der Waals surface area contributed by atoms with Crippen molar-refractivity contribution in [3.63, 3.8) is 0 Å². The first-order chi connectivity index (χ1) is 14.0. The molecule has 0 bridgehead atoms. The molecule has 1 aliphatic rings. The van der Waals surface area contributed by atoms with E-state index in [2.05, 4.69) is 15.3 Å². The third-order valence-electron chi connectivity index (χ3n) is 4.70. The molecule has 8 heteroatoms. The number of hydrogen-bond donors (Lipinski definition) is 2. The summed E-state index contributed by atoms with van der Waals surface area (Å²) in [5, 5.41) is 13.8. The predicted molar refractivity (Wildman–Crippen MR) is 114 cm³/mol. The minimum Gasteiger partial charge on any atom is -0.384 e. The average Bonchev–Trinajstić information content (AvgIpc) is 2.90. The minimum absolute atomic E-state index is 0.0529. The van der Waals surface area contributed by atoms with Gasteiger partial charge in [-0.3, -0.25) is 4.79 Å². The lowest BCUT2D eigenvalue weighted by Crippen LogP contribution is -2.32. The number of carbonyl (C=O) groups is 1. The molecule has 2 heterocycles. The van der Waals surface area contributed by atoms with E-state index in [4.69, 9.17) is 4.74 Å². The Morgan fingerprint density at radius 1 is 1.38 bits per heavy atom. The number of aromatic nitrogens is 2. The normalized spacial score (nSPS) is 15.9. The lowest BCUT2D eigenvalue weighted by molar-refractivity contribution is -0.127. The first-order valence-electron chi connectivity index (χ1n) is 9.44. The molecule has 2 aromatic rings. The van der Waals surface area contributed by atoms with Crippen LogP contribution in [-0.2, 0) is 16.1 Å². The zero-order valence-electron chi connectivity index (χ0n) is 16.9. The number of methoxy groups -OCH3 is 1. The second kappa shape index (κ2) is 9.87. The quantitative estimate of drug-likeness (QED) is 0.673.